The molecule has 1 rings (SSSR count). The molecular weight excluding hydrogens is 296 g/mol. The van der Waals surface area contributed by atoms with Crippen LogP contribution in [0.25, 0.3) is 0 Å². The number of primary amides is 1. The summed E-state index contributed by atoms with van der Waals surface area (Å²) in [4.78, 5) is 22.3. The minimum absolute atomic E-state index is 0.0349. The van der Waals surface area contributed by atoms with Crippen LogP contribution in [0.4, 0.5) is 4.79 Å². The van der Waals surface area contributed by atoms with E-state index < -0.39 is 28.1 Å². The van der Waals surface area contributed by atoms with Crippen LogP contribution in [0.2, 0.25) is 0 Å². The first-order chi connectivity index (χ1) is 9.54. The molecule has 1 atom stereocenters. The highest BCUT2D eigenvalue weighted by atomic mass is 32.2. The van der Waals surface area contributed by atoms with Crippen molar-refractivity contribution in [3.63, 3.8) is 0 Å². The molecule has 3 N–H and O–H groups in total. The molecule has 0 heterocycles. The number of carbonyl (C=O) groups excluding carboxylic acids is 2. The molecule has 116 valence electrons. The van der Waals surface area contributed by atoms with Crippen LogP contribution in [0, 0.1) is 20.8 Å². The van der Waals surface area contributed by atoms with E-state index in [1.807, 2.05) is 11.6 Å². The largest absolute Gasteiger partial charge is 0.437 e. The van der Waals surface area contributed by atoms with Crippen molar-refractivity contribution in [1.29, 1.82) is 0 Å². The molecule has 0 fully saturated rings. The van der Waals surface area contributed by atoms with E-state index >= 15 is 0 Å². The predicted molar refractivity (Wildman–Crippen MR) is 76.1 cm³/mol. The molecular formula is C13H18N2O5S. The summed E-state index contributed by atoms with van der Waals surface area (Å²) in [5.41, 5.74) is 6.75. The highest BCUT2D eigenvalue weighted by Crippen LogP contribution is 2.21. The molecule has 0 saturated carbocycles. The van der Waals surface area contributed by atoms with E-state index in [0.29, 0.717) is 11.1 Å². The number of carbonyl (C=O) groups is 2. The lowest BCUT2D eigenvalue weighted by Gasteiger charge is -2.15. The zero-order valence-electron chi connectivity index (χ0n) is 12.3. The Morgan fingerprint density at radius 3 is 2.10 bits per heavy atom. The Morgan fingerprint density at radius 1 is 1.19 bits per heavy atom. The quantitative estimate of drug-likeness (QED) is 0.856. The number of nitrogens with one attached hydrogen (secondary N) is 1. The molecule has 0 saturated heterocycles. The van der Waals surface area contributed by atoms with Gasteiger partial charge in [-0.15, -0.1) is 0 Å². The lowest BCUT2D eigenvalue weighted by molar-refractivity contribution is -0.126. The molecule has 0 aliphatic rings. The number of aryl methyl sites for hydroxylation is 3. The first-order valence-electron chi connectivity index (χ1n) is 6.15. The molecule has 8 heteroatoms. The fraction of sp³-hybridized carbons (Fsp3) is 0.385. The first-order valence-corrected chi connectivity index (χ1v) is 7.63. The molecule has 0 aromatic heterocycles. The van der Waals surface area contributed by atoms with E-state index in [2.05, 4.69) is 4.74 Å². The number of benzene rings is 1. The fourth-order valence-corrected chi connectivity index (χ4v) is 3.58. The maximum Gasteiger partial charge on any atom is 0.405 e. The van der Waals surface area contributed by atoms with Gasteiger partial charge in [-0.1, -0.05) is 17.7 Å². The molecule has 0 aliphatic carbocycles. The van der Waals surface area contributed by atoms with E-state index in [-0.39, 0.29) is 4.90 Å². The van der Waals surface area contributed by atoms with Crippen LogP contribution in [-0.2, 0) is 19.6 Å². The van der Waals surface area contributed by atoms with Crippen molar-refractivity contribution in [3.8, 4) is 0 Å². The summed E-state index contributed by atoms with van der Waals surface area (Å²) < 4.78 is 30.9. The summed E-state index contributed by atoms with van der Waals surface area (Å²) in [6, 6.07) is 3.41. The van der Waals surface area contributed by atoms with Crippen LogP contribution in [0.1, 0.15) is 23.6 Å². The molecule has 2 amide bonds. The van der Waals surface area contributed by atoms with E-state index in [1.165, 1.54) is 6.92 Å². The Morgan fingerprint density at radius 2 is 1.67 bits per heavy atom. The van der Waals surface area contributed by atoms with Gasteiger partial charge in [-0.3, -0.25) is 4.79 Å². The molecule has 1 unspecified atom stereocenters. The summed E-state index contributed by atoms with van der Waals surface area (Å²) in [5, 5.41) is 0. The topological polar surface area (TPSA) is 116 Å². The van der Waals surface area contributed by atoms with Gasteiger partial charge < -0.3 is 10.5 Å². The minimum atomic E-state index is -4.05. The van der Waals surface area contributed by atoms with Crippen molar-refractivity contribution in [2.45, 2.75) is 38.7 Å². The third-order valence-corrected chi connectivity index (χ3v) is 4.42. The van der Waals surface area contributed by atoms with E-state index in [0.717, 1.165) is 5.56 Å². The summed E-state index contributed by atoms with van der Waals surface area (Å²) in [6.07, 6.45) is -2.46. The number of rotatable bonds is 4. The van der Waals surface area contributed by atoms with Crippen molar-refractivity contribution >= 4 is 22.0 Å². The van der Waals surface area contributed by atoms with Gasteiger partial charge in [0.2, 0.25) is 0 Å². The molecule has 0 spiro atoms. The summed E-state index contributed by atoms with van der Waals surface area (Å²) in [6.45, 7) is 6.35. The number of nitrogens with two attached hydrogens (primary N) is 1. The minimum Gasteiger partial charge on any atom is -0.437 e. The summed E-state index contributed by atoms with van der Waals surface area (Å²) in [7, 11) is -4.05. The number of hydrogen-bond acceptors (Lipinski definition) is 5. The van der Waals surface area contributed by atoms with E-state index in [9.17, 15) is 18.0 Å². The third kappa shape index (κ3) is 4.19. The number of sulfonamides is 1. The Bertz CT molecular complexity index is 659. The monoisotopic (exact) mass is 314 g/mol. The van der Waals surface area contributed by atoms with Crippen molar-refractivity contribution in [3.05, 3.63) is 28.8 Å². The first kappa shape index (κ1) is 17.0. The van der Waals surface area contributed by atoms with Gasteiger partial charge in [0.15, 0.2) is 6.10 Å². The van der Waals surface area contributed by atoms with Crippen LogP contribution in [-0.4, -0.2) is 26.5 Å². The van der Waals surface area contributed by atoms with Crippen molar-refractivity contribution < 1.29 is 22.7 Å². The van der Waals surface area contributed by atoms with Crippen molar-refractivity contribution in [1.82, 2.24) is 4.72 Å². The highest BCUT2D eigenvalue weighted by molar-refractivity contribution is 7.90. The van der Waals surface area contributed by atoms with Crippen LogP contribution in [0.3, 0.4) is 0 Å². The standard InChI is InChI=1S/C13H18N2O5S/c1-7-5-8(2)11(9(3)6-7)21(18,19)15-12(16)10(4)20-13(14)17/h5-6,10H,1-4H3,(H2,14,17)(H,15,16). The smallest absolute Gasteiger partial charge is 0.405 e. The second-order valence-corrected chi connectivity index (χ2v) is 6.40. The van der Waals surface area contributed by atoms with E-state index in [1.54, 1.807) is 26.0 Å². The number of amides is 2. The van der Waals surface area contributed by atoms with Crippen molar-refractivity contribution in [2.24, 2.45) is 5.73 Å². The maximum atomic E-state index is 12.3. The second-order valence-electron chi connectivity index (χ2n) is 4.78. The van der Waals surface area contributed by atoms with Crippen LogP contribution in [0.15, 0.2) is 17.0 Å². The SMILES string of the molecule is Cc1cc(C)c(S(=O)(=O)NC(=O)C(C)OC(N)=O)c(C)c1. The zero-order chi connectivity index (χ0) is 16.4. The molecule has 7 nitrogen and oxygen atoms in total. The van der Waals surface area contributed by atoms with Gasteiger partial charge in [0.1, 0.15) is 0 Å². The molecule has 0 aliphatic heterocycles. The number of hydrogen-bond donors (Lipinski definition) is 2. The van der Waals surface area contributed by atoms with Gasteiger partial charge in [-0.2, -0.15) is 0 Å². The maximum absolute atomic E-state index is 12.3. The molecule has 0 radical (unpaired) electrons. The molecule has 21 heavy (non-hydrogen) atoms. The van der Waals surface area contributed by atoms with Gasteiger partial charge in [0, 0.05) is 0 Å². The number of ether oxygens (including phenoxy) is 1. The van der Waals surface area contributed by atoms with Crippen LogP contribution in [0.5, 0.6) is 0 Å². The average Bonchev–Trinajstić information content (AvgIpc) is 2.24. The second kappa shape index (κ2) is 6.13. The predicted octanol–water partition coefficient (Wildman–Crippen LogP) is 0.901. The van der Waals surface area contributed by atoms with Crippen LogP contribution >= 0.6 is 0 Å². The average molecular weight is 314 g/mol. The zero-order valence-corrected chi connectivity index (χ0v) is 13.1. The van der Waals surface area contributed by atoms with Gasteiger partial charge in [0.05, 0.1) is 4.90 Å². The highest BCUT2D eigenvalue weighted by Gasteiger charge is 2.26. The summed E-state index contributed by atoms with van der Waals surface area (Å²) >= 11 is 0. The lowest BCUT2D eigenvalue weighted by atomic mass is 10.1. The normalized spacial score (nSPS) is 12.6. The molecule has 0 bridgehead atoms. The summed E-state index contributed by atoms with van der Waals surface area (Å²) in [5.74, 6) is -0.965. The Hall–Kier alpha value is -2.09. The van der Waals surface area contributed by atoms with Gasteiger partial charge >= 0.3 is 6.09 Å². The van der Waals surface area contributed by atoms with E-state index in [4.69, 9.17) is 5.73 Å². The molecule has 1 aromatic carbocycles. The Labute approximate surface area is 123 Å². The van der Waals surface area contributed by atoms with Gasteiger partial charge in [0.25, 0.3) is 15.9 Å². The Kier molecular flexibility index (Phi) is 4.95. The van der Waals surface area contributed by atoms with Crippen molar-refractivity contribution in [2.75, 3.05) is 0 Å². The van der Waals surface area contributed by atoms with Gasteiger partial charge in [-0.05, 0) is 38.8 Å². The lowest BCUT2D eigenvalue weighted by Crippen LogP contribution is -2.40. The third-order valence-electron chi connectivity index (χ3n) is 2.77. The van der Waals surface area contributed by atoms with Crippen LogP contribution < -0.4 is 10.5 Å². The fourth-order valence-electron chi connectivity index (χ4n) is 2.08. The Balaban J connectivity index is 3.08. The van der Waals surface area contributed by atoms with Gasteiger partial charge in [-0.25, -0.2) is 17.9 Å². The molecule has 1 aromatic rings.